The first-order valence-electron chi connectivity index (χ1n) is 6.37. The van der Waals surface area contributed by atoms with E-state index in [-0.39, 0.29) is 12.4 Å². The van der Waals surface area contributed by atoms with Gasteiger partial charge in [0.2, 0.25) is 0 Å². The Labute approximate surface area is 110 Å². The van der Waals surface area contributed by atoms with Crippen molar-refractivity contribution in [1.82, 2.24) is 5.06 Å². The fourth-order valence-electron chi connectivity index (χ4n) is 2.11. The van der Waals surface area contributed by atoms with E-state index in [4.69, 9.17) is 4.84 Å². The Kier molecular flexibility index (Phi) is 7.25. The molecule has 0 radical (unpaired) electrons. The zero-order valence-corrected chi connectivity index (χ0v) is 11.1. The topological polar surface area (TPSA) is 12.5 Å². The van der Waals surface area contributed by atoms with Crippen LogP contribution in [0.15, 0.2) is 30.3 Å². The SMILES string of the molecule is Cl.c1ccc(CCCON2CCCCC2)cc1. The summed E-state index contributed by atoms with van der Waals surface area (Å²) >= 11 is 0. The molecule has 1 saturated heterocycles. The lowest BCUT2D eigenvalue weighted by atomic mass is 10.1. The van der Waals surface area contributed by atoms with Gasteiger partial charge in [-0.1, -0.05) is 36.8 Å². The standard InChI is InChI=1S/C14H21NO.ClH/c1-3-8-14(9-4-1)10-7-13-16-15-11-5-2-6-12-15;/h1,3-4,8-9H,2,5-7,10-13H2;1H. The van der Waals surface area contributed by atoms with Gasteiger partial charge in [0.25, 0.3) is 0 Å². The minimum absolute atomic E-state index is 0. The van der Waals surface area contributed by atoms with Gasteiger partial charge in [0.1, 0.15) is 0 Å². The van der Waals surface area contributed by atoms with Crippen LogP contribution >= 0.6 is 12.4 Å². The van der Waals surface area contributed by atoms with Crippen LogP contribution in [0.1, 0.15) is 31.2 Å². The Bertz CT molecular complexity index is 286. The highest BCUT2D eigenvalue weighted by molar-refractivity contribution is 5.85. The predicted molar refractivity (Wildman–Crippen MR) is 73.4 cm³/mol. The summed E-state index contributed by atoms with van der Waals surface area (Å²) in [4.78, 5) is 5.74. The second-order valence-corrected chi connectivity index (χ2v) is 4.41. The van der Waals surface area contributed by atoms with Gasteiger partial charge in [-0.2, -0.15) is 5.06 Å². The van der Waals surface area contributed by atoms with E-state index in [1.165, 1.54) is 24.8 Å². The fraction of sp³-hybridized carbons (Fsp3) is 0.571. The van der Waals surface area contributed by atoms with Gasteiger partial charge in [0.05, 0.1) is 6.61 Å². The number of nitrogens with zero attached hydrogens (tertiary/aromatic N) is 1. The highest BCUT2D eigenvalue weighted by Gasteiger charge is 2.09. The first-order valence-corrected chi connectivity index (χ1v) is 6.37. The number of hydrogen-bond acceptors (Lipinski definition) is 2. The lowest BCUT2D eigenvalue weighted by molar-refractivity contribution is -0.168. The first-order chi connectivity index (χ1) is 7.95. The third-order valence-electron chi connectivity index (χ3n) is 3.04. The summed E-state index contributed by atoms with van der Waals surface area (Å²) in [6.45, 7) is 3.09. The molecule has 1 aromatic carbocycles. The zero-order chi connectivity index (χ0) is 11.1. The molecule has 0 unspecified atom stereocenters. The Morgan fingerprint density at radius 2 is 1.71 bits per heavy atom. The molecule has 1 heterocycles. The van der Waals surface area contributed by atoms with Crippen molar-refractivity contribution in [1.29, 1.82) is 0 Å². The molecule has 0 spiro atoms. The van der Waals surface area contributed by atoms with Crippen LogP contribution in [0.2, 0.25) is 0 Å². The fourth-order valence-corrected chi connectivity index (χ4v) is 2.11. The Balaban J connectivity index is 0.00000144. The van der Waals surface area contributed by atoms with Crippen LogP contribution in [0, 0.1) is 0 Å². The van der Waals surface area contributed by atoms with E-state index in [1.807, 2.05) is 0 Å². The molecule has 96 valence electrons. The summed E-state index contributed by atoms with van der Waals surface area (Å²) in [7, 11) is 0. The van der Waals surface area contributed by atoms with Gasteiger partial charge < -0.3 is 0 Å². The van der Waals surface area contributed by atoms with Gasteiger partial charge in [0, 0.05) is 13.1 Å². The Hall–Kier alpha value is -0.570. The van der Waals surface area contributed by atoms with Crippen molar-refractivity contribution in [2.45, 2.75) is 32.1 Å². The van der Waals surface area contributed by atoms with Crippen molar-refractivity contribution in [2.24, 2.45) is 0 Å². The van der Waals surface area contributed by atoms with Crippen molar-refractivity contribution in [2.75, 3.05) is 19.7 Å². The molecule has 2 nitrogen and oxygen atoms in total. The number of hydroxylamine groups is 2. The summed E-state index contributed by atoms with van der Waals surface area (Å²) in [5.74, 6) is 0. The average Bonchev–Trinajstić information content (AvgIpc) is 2.37. The van der Waals surface area contributed by atoms with Gasteiger partial charge >= 0.3 is 0 Å². The predicted octanol–water partition coefficient (Wildman–Crippen LogP) is 3.46. The lowest BCUT2D eigenvalue weighted by Crippen LogP contribution is -2.30. The van der Waals surface area contributed by atoms with Crippen molar-refractivity contribution < 1.29 is 4.84 Å². The molecule has 17 heavy (non-hydrogen) atoms. The molecule has 1 aliphatic heterocycles. The van der Waals surface area contributed by atoms with Crippen LogP contribution in [-0.2, 0) is 11.3 Å². The molecule has 0 saturated carbocycles. The average molecular weight is 256 g/mol. The summed E-state index contributed by atoms with van der Waals surface area (Å²) in [6, 6.07) is 10.6. The van der Waals surface area contributed by atoms with E-state index in [0.29, 0.717) is 0 Å². The third-order valence-corrected chi connectivity index (χ3v) is 3.04. The highest BCUT2D eigenvalue weighted by Crippen LogP contribution is 2.09. The largest absolute Gasteiger partial charge is 0.299 e. The maximum Gasteiger partial charge on any atom is 0.0688 e. The Morgan fingerprint density at radius 3 is 2.41 bits per heavy atom. The van der Waals surface area contributed by atoms with Gasteiger partial charge in [-0.05, 0) is 31.2 Å². The molecule has 0 N–H and O–H groups in total. The van der Waals surface area contributed by atoms with Crippen LogP contribution in [0.4, 0.5) is 0 Å². The van der Waals surface area contributed by atoms with Gasteiger partial charge in [-0.3, -0.25) is 4.84 Å². The number of rotatable bonds is 5. The zero-order valence-electron chi connectivity index (χ0n) is 10.3. The molecule has 1 aliphatic rings. The highest BCUT2D eigenvalue weighted by atomic mass is 35.5. The van der Waals surface area contributed by atoms with E-state index in [0.717, 1.165) is 32.5 Å². The molecular weight excluding hydrogens is 234 g/mol. The van der Waals surface area contributed by atoms with E-state index in [2.05, 4.69) is 35.4 Å². The number of benzene rings is 1. The molecule has 2 rings (SSSR count). The number of halogens is 1. The molecule has 1 fully saturated rings. The second kappa shape index (κ2) is 8.51. The molecule has 0 aliphatic carbocycles. The summed E-state index contributed by atoms with van der Waals surface area (Å²) in [5.41, 5.74) is 1.41. The second-order valence-electron chi connectivity index (χ2n) is 4.41. The van der Waals surface area contributed by atoms with E-state index in [9.17, 15) is 0 Å². The minimum atomic E-state index is 0. The molecule has 0 atom stereocenters. The summed E-state index contributed by atoms with van der Waals surface area (Å²) < 4.78 is 0. The van der Waals surface area contributed by atoms with Crippen LogP contribution in [-0.4, -0.2) is 24.8 Å². The maximum atomic E-state index is 5.74. The van der Waals surface area contributed by atoms with Crippen LogP contribution < -0.4 is 0 Å². The lowest BCUT2D eigenvalue weighted by Gasteiger charge is -2.25. The third kappa shape index (κ3) is 5.53. The maximum absolute atomic E-state index is 5.74. The molecular formula is C14H22ClNO. The summed E-state index contributed by atoms with van der Waals surface area (Å²) in [6.07, 6.45) is 6.18. The van der Waals surface area contributed by atoms with Crippen LogP contribution in [0.5, 0.6) is 0 Å². The van der Waals surface area contributed by atoms with E-state index < -0.39 is 0 Å². The van der Waals surface area contributed by atoms with Crippen LogP contribution in [0.3, 0.4) is 0 Å². The molecule has 0 amide bonds. The monoisotopic (exact) mass is 255 g/mol. The number of hydrogen-bond donors (Lipinski definition) is 0. The molecule has 3 heteroatoms. The summed E-state index contributed by atoms with van der Waals surface area (Å²) in [5, 5.41) is 2.13. The van der Waals surface area contributed by atoms with Gasteiger partial charge in [0.15, 0.2) is 0 Å². The first kappa shape index (κ1) is 14.5. The minimum Gasteiger partial charge on any atom is -0.299 e. The van der Waals surface area contributed by atoms with Crippen LogP contribution in [0.25, 0.3) is 0 Å². The molecule has 0 bridgehead atoms. The van der Waals surface area contributed by atoms with E-state index in [1.54, 1.807) is 0 Å². The molecule has 0 aromatic heterocycles. The van der Waals surface area contributed by atoms with Gasteiger partial charge in [-0.25, -0.2) is 0 Å². The normalized spacial score (nSPS) is 16.5. The smallest absolute Gasteiger partial charge is 0.0688 e. The quantitative estimate of drug-likeness (QED) is 0.748. The van der Waals surface area contributed by atoms with E-state index >= 15 is 0 Å². The van der Waals surface area contributed by atoms with Crippen molar-refractivity contribution in [3.05, 3.63) is 35.9 Å². The van der Waals surface area contributed by atoms with Crippen molar-refractivity contribution >= 4 is 12.4 Å². The van der Waals surface area contributed by atoms with Gasteiger partial charge in [-0.15, -0.1) is 12.4 Å². The Morgan fingerprint density at radius 1 is 1.00 bits per heavy atom. The van der Waals surface area contributed by atoms with Crippen molar-refractivity contribution in [3.8, 4) is 0 Å². The van der Waals surface area contributed by atoms with Crippen molar-refractivity contribution in [3.63, 3.8) is 0 Å². The number of piperidine rings is 1. The number of aryl methyl sites for hydroxylation is 1. The molecule has 1 aromatic rings.